The van der Waals surface area contributed by atoms with Crippen LogP contribution in [0.15, 0.2) is 55.1 Å². The fraction of sp³-hybridized carbons (Fsp3) is 0.267. The summed E-state index contributed by atoms with van der Waals surface area (Å²) in [5, 5.41) is 2.92. The van der Waals surface area contributed by atoms with Crippen LogP contribution in [0.4, 0.5) is 4.79 Å². The summed E-state index contributed by atoms with van der Waals surface area (Å²) in [5.41, 5.74) is 0.908. The van der Waals surface area contributed by atoms with E-state index in [0.29, 0.717) is 0 Å². The van der Waals surface area contributed by atoms with Gasteiger partial charge in [0.2, 0.25) is 0 Å². The Morgan fingerprint density at radius 1 is 1.44 bits per heavy atom. The second kappa shape index (κ2) is 5.54. The van der Waals surface area contributed by atoms with E-state index in [-0.39, 0.29) is 12.1 Å². The smallest absolute Gasteiger partial charge is 0.408 e. The van der Waals surface area contributed by atoms with Gasteiger partial charge in [0, 0.05) is 0 Å². The Bertz CT molecular complexity index is 453. The molecule has 1 amide bonds. The van der Waals surface area contributed by atoms with Crippen molar-refractivity contribution < 1.29 is 9.53 Å². The zero-order chi connectivity index (χ0) is 12.8. The normalized spacial score (nSPS) is 20.9. The maximum Gasteiger partial charge on any atom is 0.408 e. The van der Waals surface area contributed by atoms with Gasteiger partial charge in [-0.15, -0.1) is 0 Å². The number of amides is 1. The average Bonchev–Trinajstić information content (AvgIpc) is 2.35. The van der Waals surface area contributed by atoms with E-state index in [9.17, 15) is 4.79 Å². The molecule has 18 heavy (non-hydrogen) atoms. The minimum atomic E-state index is -0.393. The zero-order valence-electron chi connectivity index (χ0n) is 10.3. The lowest BCUT2D eigenvalue weighted by atomic mass is 9.80. The predicted octanol–water partition coefficient (Wildman–Crippen LogP) is 2.84. The van der Waals surface area contributed by atoms with Gasteiger partial charge in [-0.25, -0.2) is 4.79 Å². The van der Waals surface area contributed by atoms with E-state index in [1.807, 2.05) is 24.3 Å². The van der Waals surface area contributed by atoms with Crippen LogP contribution in [0.3, 0.4) is 0 Å². The molecule has 1 N–H and O–H groups in total. The Labute approximate surface area is 107 Å². The largest absolute Gasteiger partial charge is 0.445 e. The van der Waals surface area contributed by atoms with Crippen molar-refractivity contribution in [2.75, 3.05) is 6.61 Å². The van der Waals surface area contributed by atoms with Crippen LogP contribution < -0.4 is 5.32 Å². The van der Waals surface area contributed by atoms with Crippen molar-refractivity contribution in [1.82, 2.24) is 5.32 Å². The zero-order valence-corrected chi connectivity index (χ0v) is 10.3. The Balaban J connectivity index is 1.97. The van der Waals surface area contributed by atoms with E-state index >= 15 is 0 Å². The SMILES string of the molecule is C=CCOC(=O)NC1(Cc2ccccc2)C=CC1. The number of carbonyl (C=O) groups excluding carboxylic acids is 1. The first-order valence-corrected chi connectivity index (χ1v) is 6.02. The molecule has 1 atom stereocenters. The van der Waals surface area contributed by atoms with Gasteiger partial charge in [-0.1, -0.05) is 55.1 Å². The number of carbonyl (C=O) groups is 1. The van der Waals surface area contributed by atoms with Crippen molar-refractivity contribution in [1.29, 1.82) is 0 Å². The molecule has 3 heteroatoms. The molecule has 1 aromatic carbocycles. The van der Waals surface area contributed by atoms with Gasteiger partial charge in [-0.3, -0.25) is 0 Å². The molecule has 0 radical (unpaired) electrons. The first-order valence-electron chi connectivity index (χ1n) is 6.02. The van der Waals surface area contributed by atoms with E-state index in [4.69, 9.17) is 4.74 Å². The molecule has 3 nitrogen and oxygen atoms in total. The maximum atomic E-state index is 11.6. The molecule has 1 unspecified atom stereocenters. The monoisotopic (exact) mass is 243 g/mol. The summed E-state index contributed by atoms with van der Waals surface area (Å²) < 4.78 is 4.96. The Morgan fingerprint density at radius 2 is 2.17 bits per heavy atom. The third-order valence-corrected chi connectivity index (χ3v) is 2.96. The highest BCUT2D eigenvalue weighted by molar-refractivity contribution is 5.69. The Hall–Kier alpha value is -2.03. The molecule has 1 aliphatic rings. The van der Waals surface area contributed by atoms with E-state index < -0.39 is 6.09 Å². The van der Waals surface area contributed by atoms with E-state index in [2.05, 4.69) is 30.1 Å². The average molecular weight is 243 g/mol. The number of ether oxygens (including phenoxy) is 1. The number of hydrogen-bond acceptors (Lipinski definition) is 2. The fourth-order valence-electron chi connectivity index (χ4n) is 2.00. The second-order valence-electron chi connectivity index (χ2n) is 4.44. The molecule has 0 saturated heterocycles. The summed E-state index contributed by atoms with van der Waals surface area (Å²) in [5.74, 6) is 0. The lowest BCUT2D eigenvalue weighted by Gasteiger charge is -2.36. The van der Waals surface area contributed by atoms with E-state index in [1.54, 1.807) is 6.08 Å². The van der Waals surface area contributed by atoms with Crippen molar-refractivity contribution in [2.45, 2.75) is 18.4 Å². The highest BCUT2D eigenvalue weighted by atomic mass is 16.5. The number of nitrogens with one attached hydrogen (secondary N) is 1. The van der Waals surface area contributed by atoms with Gasteiger partial charge in [-0.05, 0) is 18.4 Å². The van der Waals surface area contributed by atoms with Gasteiger partial charge >= 0.3 is 6.09 Å². The van der Waals surface area contributed by atoms with Gasteiger partial charge in [0.15, 0.2) is 0 Å². The van der Waals surface area contributed by atoms with Crippen LogP contribution in [0.1, 0.15) is 12.0 Å². The Morgan fingerprint density at radius 3 is 2.72 bits per heavy atom. The lowest BCUT2D eigenvalue weighted by molar-refractivity contribution is 0.146. The predicted molar refractivity (Wildman–Crippen MR) is 71.3 cm³/mol. The van der Waals surface area contributed by atoms with Gasteiger partial charge < -0.3 is 10.1 Å². The lowest BCUT2D eigenvalue weighted by Crippen LogP contribution is -2.51. The molecular formula is C15H17NO2. The summed E-state index contributed by atoms with van der Waals surface area (Å²) in [6.45, 7) is 3.75. The molecule has 0 fully saturated rings. The number of rotatable bonds is 5. The summed E-state index contributed by atoms with van der Waals surface area (Å²) in [6, 6.07) is 10.1. The minimum Gasteiger partial charge on any atom is -0.445 e. The van der Waals surface area contributed by atoms with Crippen molar-refractivity contribution in [2.24, 2.45) is 0 Å². The molecule has 0 spiro atoms. The van der Waals surface area contributed by atoms with Crippen LogP contribution in [-0.2, 0) is 11.2 Å². The van der Waals surface area contributed by atoms with Gasteiger partial charge in [0.1, 0.15) is 6.61 Å². The van der Waals surface area contributed by atoms with Crippen molar-refractivity contribution in [3.63, 3.8) is 0 Å². The number of alkyl carbamates (subject to hydrolysis) is 1. The number of hydrogen-bond donors (Lipinski definition) is 1. The van der Waals surface area contributed by atoms with Gasteiger partial charge in [0.25, 0.3) is 0 Å². The van der Waals surface area contributed by atoms with Crippen LogP contribution in [0, 0.1) is 0 Å². The quantitative estimate of drug-likeness (QED) is 0.807. The third-order valence-electron chi connectivity index (χ3n) is 2.96. The topological polar surface area (TPSA) is 38.3 Å². The molecule has 0 aliphatic heterocycles. The second-order valence-corrected chi connectivity index (χ2v) is 4.44. The summed E-state index contributed by atoms with van der Waals surface area (Å²) in [4.78, 5) is 11.6. The third kappa shape index (κ3) is 3.00. The van der Waals surface area contributed by atoms with Crippen LogP contribution in [-0.4, -0.2) is 18.2 Å². The van der Waals surface area contributed by atoms with Gasteiger partial charge in [0.05, 0.1) is 5.54 Å². The maximum absolute atomic E-state index is 11.6. The summed E-state index contributed by atoms with van der Waals surface area (Å²) >= 11 is 0. The van der Waals surface area contributed by atoms with Crippen LogP contribution in [0.25, 0.3) is 0 Å². The standard InChI is InChI=1S/C15H17NO2/c1-2-11-18-14(17)16-15(9-6-10-15)12-13-7-4-3-5-8-13/h2-9H,1,10-12H2,(H,16,17). The van der Waals surface area contributed by atoms with E-state index in [0.717, 1.165) is 12.8 Å². The molecular weight excluding hydrogens is 226 g/mol. The Kier molecular flexibility index (Phi) is 3.82. The first kappa shape index (κ1) is 12.4. The number of benzene rings is 1. The highest BCUT2D eigenvalue weighted by Gasteiger charge is 2.33. The van der Waals surface area contributed by atoms with Crippen LogP contribution >= 0.6 is 0 Å². The molecule has 94 valence electrons. The van der Waals surface area contributed by atoms with Crippen molar-refractivity contribution in [3.05, 3.63) is 60.7 Å². The molecule has 1 aromatic rings. The first-order chi connectivity index (χ1) is 8.74. The van der Waals surface area contributed by atoms with Crippen molar-refractivity contribution in [3.8, 4) is 0 Å². The van der Waals surface area contributed by atoms with Crippen LogP contribution in [0.5, 0.6) is 0 Å². The molecule has 0 bridgehead atoms. The molecule has 0 heterocycles. The summed E-state index contributed by atoms with van der Waals surface area (Å²) in [7, 11) is 0. The fourth-order valence-corrected chi connectivity index (χ4v) is 2.00. The van der Waals surface area contributed by atoms with Gasteiger partial charge in [-0.2, -0.15) is 0 Å². The summed E-state index contributed by atoms with van der Waals surface area (Å²) in [6.07, 6.45) is 6.86. The molecule has 1 aliphatic carbocycles. The van der Waals surface area contributed by atoms with E-state index in [1.165, 1.54) is 5.56 Å². The molecule has 0 saturated carbocycles. The molecule has 2 rings (SSSR count). The highest BCUT2D eigenvalue weighted by Crippen LogP contribution is 2.27. The molecule has 0 aromatic heterocycles. The van der Waals surface area contributed by atoms with Crippen LogP contribution in [0.2, 0.25) is 0 Å². The van der Waals surface area contributed by atoms with Crippen molar-refractivity contribution >= 4 is 6.09 Å². The minimum absolute atomic E-state index is 0.233.